The first-order valence-electron chi connectivity index (χ1n) is 2.12. The van der Waals surface area contributed by atoms with Gasteiger partial charge >= 0.3 is 0 Å². The number of carboxylic acids is 1. The average molecular weight is 132 g/mol. The highest BCUT2D eigenvalue weighted by Crippen LogP contribution is 1.80. The van der Waals surface area contributed by atoms with Gasteiger partial charge in [-0.2, -0.15) is 0 Å². The molecule has 0 aromatic carbocycles. The Morgan fingerprint density at radius 3 is 2.11 bits per heavy atom. The number of aliphatic carboxylic acids is 1. The van der Waals surface area contributed by atoms with Crippen LogP contribution in [0.5, 0.6) is 0 Å². The predicted octanol–water partition coefficient (Wildman–Crippen LogP) is -2.24. The Morgan fingerprint density at radius 2 is 2.00 bits per heavy atom. The molecule has 0 spiro atoms. The van der Waals surface area contributed by atoms with Crippen LogP contribution in [0.4, 0.5) is 0 Å². The van der Waals surface area contributed by atoms with Crippen molar-refractivity contribution in [1.82, 2.24) is 5.06 Å². The summed E-state index contributed by atoms with van der Waals surface area (Å²) in [5.74, 6) is -2.98. The second kappa shape index (κ2) is 3.03. The highest BCUT2D eigenvalue weighted by molar-refractivity contribution is 6.29. The maximum absolute atomic E-state index is 10.2. The zero-order valence-corrected chi connectivity index (χ0v) is 5.08. The first-order chi connectivity index (χ1) is 4.09. The number of hydroxylamine groups is 2. The van der Waals surface area contributed by atoms with Crippen LogP contribution in [0.1, 0.15) is 0 Å². The Labute approximate surface area is 51.8 Å². The summed E-state index contributed by atoms with van der Waals surface area (Å²) < 4.78 is 0. The molecule has 0 aromatic rings. The van der Waals surface area contributed by atoms with Crippen molar-refractivity contribution in [3.63, 3.8) is 0 Å². The van der Waals surface area contributed by atoms with E-state index in [-0.39, 0.29) is 0 Å². The fraction of sp³-hybridized carbons (Fsp3) is 0.500. The number of nitrogens with zero attached hydrogens (tertiary/aromatic N) is 1. The van der Waals surface area contributed by atoms with E-state index in [1.54, 1.807) is 0 Å². The molecule has 0 saturated carbocycles. The van der Waals surface area contributed by atoms with Gasteiger partial charge in [0, 0.05) is 7.05 Å². The third kappa shape index (κ3) is 2.09. The molecule has 0 aromatic heterocycles. The van der Waals surface area contributed by atoms with Crippen molar-refractivity contribution in [2.75, 3.05) is 14.2 Å². The van der Waals surface area contributed by atoms with Gasteiger partial charge in [0.15, 0.2) is 0 Å². The predicted molar refractivity (Wildman–Crippen MR) is 24.8 cm³/mol. The zero-order chi connectivity index (χ0) is 7.44. The summed E-state index contributed by atoms with van der Waals surface area (Å²) in [6.07, 6.45) is 0. The lowest BCUT2D eigenvalue weighted by molar-refractivity contribution is -0.304. The molecule has 0 aliphatic rings. The van der Waals surface area contributed by atoms with Gasteiger partial charge in [-0.15, -0.1) is 0 Å². The van der Waals surface area contributed by atoms with E-state index in [0.717, 1.165) is 0 Å². The van der Waals surface area contributed by atoms with Crippen LogP contribution in [0.2, 0.25) is 0 Å². The van der Waals surface area contributed by atoms with Crippen molar-refractivity contribution in [1.29, 1.82) is 0 Å². The quantitative estimate of drug-likeness (QED) is 0.298. The van der Waals surface area contributed by atoms with Gasteiger partial charge in [0.1, 0.15) is 5.97 Å². The standard InChI is InChI=1S/C4H7NO4/c1-5(9-2)3(6)4(7)8/h1-2H3,(H,7,8)/p-1. The van der Waals surface area contributed by atoms with Crippen molar-refractivity contribution < 1.29 is 19.5 Å². The van der Waals surface area contributed by atoms with E-state index < -0.39 is 11.9 Å². The van der Waals surface area contributed by atoms with Gasteiger partial charge in [0.2, 0.25) is 0 Å². The summed E-state index contributed by atoms with van der Waals surface area (Å²) >= 11 is 0. The lowest BCUT2D eigenvalue weighted by Crippen LogP contribution is -2.41. The van der Waals surface area contributed by atoms with Crippen LogP contribution in [0.3, 0.4) is 0 Å². The fourth-order valence-electron chi connectivity index (χ4n) is 0.211. The van der Waals surface area contributed by atoms with Crippen LogP contribution in [-0.2, 0) is 14.4 Å². The molecule has 0 saturated heterocycles. The first-order valence-corrected chi connectivity index (χ1v) is 2.12. The van der Waals surface area contributed by atoms with E-state index in [1.807, 2.05) is 0 Å². The summed E-state index contributed by atoms with van der Waals surface area (Å²) in [5.41, 5.74) is 0. The number of amides is 1. The van der Waals surface area contributed by atoms with Crippen molar-refractivity contribution >= 4 is 11.9 Å². The van der Waals surface area contributed by atoms with Crippen molar-refractivity contribution in [2.24, 2.45) is 0 Å². The number of hydrogen-bond acceptors (Lipinski definition) is 4. The Kier molecular flexibility index (Phi) is 2.66. The maximum Gasteiger partial charge on any atom is 0.292 e. The summed E-state index contributed by atoms with van der Waals surface area (Å²) in [6, 6.07) is 0. The Morgan fingerprint density at radius 1 is 1.56 bits per heavy atom. The number of hydrogen-bond donors (Lipinski definition) is 0. The molecule has 0 radical (unpaired) electrons. The molecular formula is C4H6NO4-. The van der Waals surface area contributed by atoms with E-state index in [4.69, 9.17) is 0 Å². The molecule has 0 fully saturated rings. The van der Waals surface area contributed by atoms with Crippen molar-refractivity contribution in [2.45, 2.75) is 0 Å². The van der Waals surface area contributed by atoms with Crippen molar-refractivity contribution in [3.05, 3.63) is 0 Å². The highest BCUT2D eigenvalue weighted by atomic mass is 16.7. The minimum atomic E-state index is -1.78. The van der Waals surface area contributed by atoms with Gasteiger partial charge in [-0.3, -0.25) is 9.63 Å². The monoisotopic (exact) mass is 132 g/mol. The first kappa shape index (κ1) is 7.90. The third-order valence-electron chi connectivity index (χ3n) is 0.734. The van der Waals surface area contributed by atoms with Crippen LogP contribution in [0.15, 0.2) is 0 Å². The molecule has 0 bridgehead atoms. The zero-order valence-electron chi connectivity index (χ0n) is 5.08. The number of likely N-dealkylation sites (N-methyl/N-ethyl adjacent to an activating group) is 1. The van der Waals surface area contributed by atoms with Gasteiger partial charge in [0.25, 0.3) is 5.91 Å². The molecule has 0 atom stereocenters. The largest absolute Gasteiger partial charge is 0.540 e. The summed E-state index contributed by atoms with van der Waals surface area (Å²) in [5, 5.41) is 10.3. The van der Waals surface area contributed by atoms with E-state index in [9.17, 15) is 14.7 Å². The van der Waals surface area contributed by atoms with Crippen LogP contribution in [0, 0.1) is 0 Å². The Balaban J connectivity index is 3.88. The average Bonchev–Trinajstić information content (AvgIpc) is 1.84. The lowest BCUT2D eigenvalue weighted by atomic mass is 10.6. The minimum absolute atomic E-state index is 0.565. The molecule has 52 valence electrons. The van der Waals surface area contributed by atoms with Crippen LogP contribution >= 0.6 is 0 Å². The van der Waals surface area contributed by atoms with E-state index >= 15 is 0 Å². The molecule has 5 heteroatoms. The van der Waals surface area contributed by atoms with Gasteiger partial charge in [-0.05, 0) is 0 Å². The molecule has 0 unspecified atom stereocenters. The summed E-state index contributed by atoms with van der Waals surface area (Å²) in [6.45, 7) is 0. The SMILES string of the molecule is CON(C)C(=O)C(=O)[O-]. The van der Waals surface area contributed by atoms with Gasteiger partial charge in [0.05, 0.1) is 7.11 Å². The molecule has 5 nitrogen and oxygen atoms in total. The molecule has 0 aliphatic carbocycles. The molecule has 1 amide bonds. The van der Waals surface area contributed by atoms with E-state index in [0.29, 0.717) is 5.06 Å². The minimum Gasteiger partial charge on any atom is -0.540 e. The fourth-order valence-corrected chi connectivity index (χ4v) is 0.211. The molecular weight excluding hydrogens is 126 g/mol. The van der Waals surface area contributed by atoms with Crippen LogP contribution in [0.25, 0.3) is 0 Å². The van der Waals surface area contributed by atoms with E-state index in [1.165, 1.54) is 14.2 Å². The third-order valence-corrected chi connectivity index (χ3v) is 0.734. The lowest BCUT2D eigenvalue weighted by Gasteiger charge is -2.12. The van der Waals surface area contributed by atoms with Crippen LogP contribution < -0.4 is 5.11 Å². The number of rotatable bonds is 1. The van der Waals surface area contributed by atoms with E-state index in [2.05, 4.69) is 4.84 Å². The molecule has 9 heavy (non-hydrogen) atoms. The van der Waals surface area contributed by atoms with Gasteiger partial charge in [-0.25, -0.2) is 5.06 Å². The summed E-state index contributed by atoms with van der Waals surface area (Å²) in [4.78, 5) is 24.2. The van der Waals surface area contributed by atoms with Gasteiger partial charge in [-0.1, -0.05) is 0 Å². The van der Waals surface area contributed by atoms with Crippen molar-refractivity contribution in [3.8, 4) is 0 Å². The second-order valence-electron chi connectivity index (χ2n) is 1.27. The van der Waals surface area contributed by atoms with Crippen LogP contribution in [-0.4, -0.2) is 31.1 Å². The smallest absolute Gasteiger partial charge is 0.292 e. The number of carbonyl (C=O) groups is 2. The number of carboxylic acid groups (broad SMARTS) is 1. The Bertz CT molecular complexity index is 133. The summed E-state index contributed by atoms with van der Waals surface area (Å²) in [7, 11) is 2.36. The van der Waals surface area contributed by atoms with Gasteiger partial charge < -0.3 is 9.90 Å². The number of carbonyl (C=O) groups excluding carboxylic acids is 2. The second-order valence-corrected chi connectivity index (χ2v) is 1.27. The molecule has 0 heterocycles. The highest BCUT2D eigenvalue weighted by Gasteiger charge is 2.06. The molecule has 0 N–H and O–H groups in total. The molecule has 0 rings (SSSR count). The topological polar surface area (TPSA) is 69.7 Å². The normalized spacial score (nSPS) is 8.67. The Hall–Kier alpha value is -1.10. The maximum atomic E-state index is 10.2. The molecule has 0 aliphatic heterocycles.